The molecule has 0 radical (unpaired) electrons. The SMILES string of the molecule is CCOC(=O)C1CC12CCC(=COC)CC2. The van der Waals surface area contributed by atoms with Crippen LogP contribution in [0, 0.1) is 11.3 Å². The molecule has 0 heterocycles. The van der Waals surface area contributed by atoms with Crippen molar-refractivity contribution in [1.82, 2.24) is 0 Å². The Morgan fingerprint density at radius 2 is 2.19 bits per heavy atom. The minimum Gasteiger partial charge on any atom is -0.504 e. The average Bonchev–Trinajstić information content (AvgIpc) is 2.97. The van der Waals surface area contributed by atoms with Gasteiger partial charge >= 0.3 is 5.97 Å². The molecule has 2 fully saturated rings. The van der Waals surface area contributed by atoms with Crippen molar-refractivity contribution in [2.24, 2.45) is 11.3 Å². The molecule has 0 aliphatic heterocycles. The summed E-state index contributed by atoms with van der Waals surface area (Å²) < 4.78 is 10.1. The number of methoxy groups -OCH3 is 1. The highest BCUT2D eigenvalue weighted by atomic mass is 16.5. The zero-order chi connectivity index (χ0) is 11.6. The number of carbonyl (C=O) groups excluding carboxylic acids is 1. The van der Waals surface area contributed by atoms with Gasteiger partial charge in [0.25, 0.3) is 0 Å². The van der Waals surface area contributed by atoms with E-state index in [1.54, 1.807) is 7.11 Å². The molecule has 1 unspecified atom stereocenters. The maximum absolute atomic E-state index is 11.6. The molecule has 1 atom stereocenters. The Balaban J connectivity index is 1.86. The minimum atomic E-state index is 0.0154. The summed E-state index contributed by atoms with van der Waals surface area (Å²) in [6.45, 7) is 2.37. The summed E-state index contributed by atoms with van der Waals surface area (Å²) in [7, 11) is 1.69. The fourth-order valence-corrected chi connectivity index (χ4v) is 2.83. The highest BCUT2D eigenvalue weighted by Gasteiger charge is 2.58. The first-order chi connectivity index (χ1) is 7.72. The molecule has 90 valence electrons. The van der Waals surface area contributed by atoms with Crippen LogP contribution in [-0.4, -0.2) is 19.7 Å². The first-order valence-corrected chi connectivity index (χ1v) is 6.09. The van der Waals surface area contributed by atoms with Crippen LogP contribution in [0.15, 0.2) is 11.8 Å². The van der Waals surface area contributed by atoms with Gasteiger partial charge in [-0.2, -0.15) is 0 Å². The third-order valence-corrected chi connectivity index (χ3v) is 3.93. The summed E-state index contributed by atoms with van der Waals surface area (Å²) in [5.41, 5.74) is 1.65. The van der Waals surface area contributed by atoms with E-state index >= 15 is 0 Å². The summed E-state index contributed by atoms with van der Waals surface area (Å²) in [6.07, 6.45) is 7.27. The fourth-order valence-electron chi connectivity index (χ4n) is 2.83. The Bertz CT molecular complexity index is 296. The predicted molar refractivity (Wildman–Crippen MR) is 60.7 cm³/mol. The Morgan fingerprint density at radius 1 is 1.50 bits per heavy atom. The van der Waals surface area contributed by atoms with E-state index in [1.165, 1.54) is 5.57 Å². The lowest BCUT2D eigenvalue weighted by Gasteiger charge is -2.24. The maximum atomic E-state index is 11.6. The van der Waals surface area contributed by atoms with Gasteiger partial charge in [0, 0.05) is 0 Å². The summed E-state index contributed by atoms with van der Waals surface area (Å²) in [5.74, 6) is 0.193. The van der Waals surface area contributed by atoms with E-state index in [-0.39, 0.29) is 17.3 Å². The molecule has 0 N–H and O–H groups in total. The van der Waals surface area contributed by atoms with Gasteiger partial charge in [0.2, 0.25) is 0 Å². The van der Waals surface area contributed by atoms with Crippen LogP contribution in [0.5, 0.6) is 0 Å². The molecule has 2 saturated carbocycles. The van der Waals surface area contributed by atoms with Crippen molar-refractivity contribution in [3.05, 3.63) is 11.8 Å². The van der Waals surface area contributed by atoms with Crippen molar-refractivity contribution in [2.75, 3.05) is 13.7 Å². The van der Waals surface area contributed by atoms with Gasteiger partial charge in [0.05, 0.1) is 25.9 Å². The Labute approximate surface area is 96.8 Å². The first kappa shape index (κ1) is 11.5. The van der Waals surface area contributed by atoms with Gasteiger partial charge in [-0.05, 0) is 50.0 Å². The molecule has 2 aliphatic carbocycles. The van der Waals surface area contributed by atoms with Gasteiger partial charge in [-0.25, -0.2) is 0 Å². The number of esters is 1. The molecule has 0 aromatic rings. The van der Waals surface area contributed by atoms with Gasteiger partial charge in [0.1, 0.15) is 0 Å². The fraction of sp³-hybridized carbons (Fsp3) is 0.769. The third kappa shape index (κ3) is 2.08. The van der Waals surface area contributed by atoms with Crippen LogP contribution < -0.4 is 0 Å². The average molecular weight is 224 g/mol. The number of rotatable bonds is 3. The topological polar surface area (TPSA) is 35.5 Å². The van der Waals surface area contributed by atoms with Gasteiger partial charge in [-0.3, -0.25) is 4.79 Å². The number of allylic oxidation sites excluding steroid dienone is 1. The van der Waals surface area contributed by atoms with E-state index in [0.29, 0.717) is 6.61 Å². The Kier molecular flexibility index (Phi) is 3.22. The smallest absolute Gasteiger partial charge is 0.309 e. The molecule has 0 amide bonds. The Morgan fingerprint density at radius 3 is 2.75 bits per heavy atom. The quantitative estimate of drug-likeness (QED) is 0.546. The second-order valence-corrected chi connectivity index (χ2v) is 4.88. The highest BCUT2D eigenvalue weighted by Crippen LogP contribution is 2.62. The summed E-state index contributed by atoms with van der Waals surface area (Å²) in [5, 5.41) is 0. The van der Waals surface area contributed by atoms with Gasteiger partial charge in [-0.15, -0.1) is 0 Å². The minimum absolute atomic E-state index is 0.0154. The first-order valence-electron chi connectivity index (χ1n) is 6.09. The van der Waals surface area contributed by atoms with Crippen molar-refractivity contribution in [2.45, 2.75) is 39.0 Å². The molecular formula is C13H20O3. The highest BCUT2D eigenvalue weighted by molar-refractivity contribution is 5.77. The van der Waals surface area contributed by atoms with Gasteiger partial charge in [0.15, 0.2) is 0 Å². The molecule has 3 nitrogen and oxygen atoms in total. The largest absolute Gasteiger partial charge is 0.504 e. The second-order valence-electron chi connectivity index (χ2n) is 4.88. The van der Waals surface area contributed by atoms with Crippen LogP contribution in [0.2, 0.25) is 0 Å². The molecule has 0 bridgehead atoms. The van der Waals surface area contributed by atoms with Crippen LogP contribution in [0.25, 0.3) is 0 Å². The van der Waals surface area contributed by atoms with Crippen molar-refractivity contribution < 1.29 is 14.3 Å². The number of ether oxygens (including phenoxy) is 2. The van der Waals surface area contributed by atoms with Crippen molar-refractivity contribution in [1.29, 1.82) is 0 Å². The molecule has 0 aromatic carbocycles. The number of carbonyl (C=O) groups is 1. The summed E-state index contributed by atoms with van der Waals surface area (Å²) >= 11 is 0. The lowest BCUT2D eigenvalue weighted by molar-refractivity contribution is -0.145. The molecule has 2 aliphatic rings. The van der Waals surface area contributed by atoms with E-state index in [0.717, 1.165) is 32.1 Å². The van der Waals surface area contributed by atoms with Crippen LogP contribution in [-0.2, 0) is 14.3 Å². The van der Waals surface area contributed by atoms with E-state index in [9.17, 15) is 4.79 Å². The maximum Gasteiger partial charge on any atom is 0.309 e. The van der Waals surface area contributed by atoms with E-state index in [4.69, 9.17) is 9.47 Å². The summed E-state index contributed by atoms with van der Waals surface area (Å²) in [6, 6.07) is 0. The normalized spacial score (nSPS) is 32.4. The lowest BCUT2D eigenvalue weighted by Crippen LogP contribution is -2.17. The van der Waals surface area contributed by atoms with Crippen molar-refractivity contribution in [3.8, 4) is 0 Å². The monoisotopic (exact) mass is 224 g/mol. The second kappa shape index (κ2) is 4.48. The van der Waals surface area contributed by atoms with E-state index < -0.39 is 0 Å². The molecule has 0 aromatic heterocycles. The zero-order valence-corrected chi connectivity index (χ0v) is 10.1. The van der Waals surface area contributed by atoms with Gasteiger partial charge < -0.3 is 9.47 Å². The molecule has 16 heavy (non-hydrogen) atoms. The summed E-state index contributed by atoms with van der Waals surface area (Å²) in [4.78, 5) is 11.6. The lowest BCUT2D eigenvalue weighted by atomic mass is 9.82. The zero-order valence-electron chi connectivity index (χ0n) is 10.1. The van der Waals surface area contributed by atoms with Gasteiger partial charge in [-0.1, -0.05) is 0 Å². The Hall–Kier alpha value is -0.990. The standard InChI is InChI=1S/C13H20O3/c1-3-16-12(14)11-8-13(11)6-4-10(5-7-13)9-15-2/h9,11H,3-8H2,1-2H3. The number of hydrogen-bond donors (Lipinski definition) is 0. The molecule has 2 rings (SSSR count). The van der Waals surface area contributed by atoms with E-state index in [2.05, 4.69) is 0 Å². The third-order valence-electron chi connectivity index (χ3n) is 3.93. The number of hydrogen-bond acceptors (Lipinski definition) is 3. The molecule has 3 heteroatoms. The predicted octanol–water partition coefficient (Wildman–Crippen LogP) is 2.66. The van der Waals surface area contributed by atoms with Crippen LogP contribution >= 0.6 is 0 Å². The van der Waals surface area contributed by atoms with Crippen LogP contribution in [0.1, 0.15) is 39.0 Å². The van der Waals surface area contributed by atoms with Crippen molar-refractivity contribution >= 4 is 5.97 Å². The molecule has 1 spiro atoms. The van der Waals surface area contributed by atoms with Crippen molar-refractivity contribution in [3.63, 3.8) is 0 Å². The molecule has 0 saturated heterocycles. The van der Waals surface area contributed by atoms with Crippen LogP contribution in [0.3, 0.4) is 0 Å². The molecular weight excluding hydrogens is 204 g/mol. The van der Waals surface area contributed by atoms with E-state index in [1.807, 2.05) is 13.2 Å². The van der Waals surface area contributed by atoms with Crippen LogP contribution in [0.4, 0.5) is 0 Å².